The summed E-state index contributed by atoms with van der Waals surface area (Å²) in [6, 6.07) is 63.9. The molecular weight excluding hydrogens is 1260 g/mol. The van der Waals surface area contributed by atoms with Gasteiger partial charge in [-0.15, -0.1) is 29.7 Å². The zero-order valence-electron chi connectivity index (χ0n) is 56.8. The first-order valence-corrected chi connectivity index (χ1v) is 29.2. The van der Waals surface area contributed by atoms with Crippen molar-refractivity contribution in [3.8, 4) is 78.9 Å². The van der Waals surface area contributed by atoms with Gasteiger partial charge < -0.3 is 22.9 Å². The van der Waals surface area contributed by atoms with Gasteiger partial charge in [0, 0.05) is 71.5 Å². The predicted octanol–water partition coefficient (Wildman–Crippen LogP) is 20.2. The van der Waals surface area contributed by atoms with Crippen LogP contribution in [0.5, 0.6) is 11.5 Å². The second-order valence-corrected chi connectivity index (χ2v) is 24.6. The number of pyridine rings is 1. The molecule has 0 spiro atoms. The molecule has 16 aromatic rings. The minimum Gasteiger partial charge on any atom is -0.510 e. The number of para-hydroxylation sites is 4. The van der Waals surface area contributed by atoms with Crippen molar-refractivity contribution < 1.29 is 45.8 Å². The van der Waals surface area contributed by atoms with Crippen LogP contribution in [0.3, 0.4) is 0 Å². The van der Waals surface area contributed by atoms with Crippen LogP contribution in [-0.4, -0.2) is 18.7 Å². The standard InChI is InChI=1S/C80H57N5O2.Pt/c1-79(2,3)50-38-39-81-77(41-50)85-71-32-17-13-28-61(71)62-36-35-54(45-73(62)85)86-53-21-19-20-51(42-53)82-48-83-72-47-64(49-34-37-76-66(40-49)63-29-14-18-33-75(63)87-76)68(80(4,5)6)46-65(72)57-24-9-7-22-55(57)56-23-8-10-25-58(56)67-43-52(44-74(82)78(67)83)84-69-30-15-11-26-59(69)60-27-12-16-31-70(60)84;/h7-41,43-44,46-47H,1-6H3;/q-2;/i7D,8D,9D,10D,22D,23D,24D,25D;. The molecule has 0 atom stereocenters. The van der Waals surface area contributed by atoms with E-state index < -0.39 is 47.7 Å². The third kappa shape index (κ3) is 8.35. The molecule has 0 amide bonds. The summed E-state index contributed by atoms with van der Waals surface area (Å²) in [5, 5.41) is 5.87. The fourth-order valence-corrected chi connectivity index (χ4v) is 13.1. The van der Waals surface area contributed by atoms with Crippen LogP contribution in [0.2, 0.25) is 0 Å². The fraction of sp³-hybridized carbons (Fsp3) is 0.100. The zero-order chi connectivity index (χ0) is 65.4. The number of fused-ring (bicyclic) bond motifs is 16. The van der Waals surface area contributed by atoms with Crippen LogP contribution in [0.25, 0.3) is 144 Å². The largest absolute Gasteiger partial charge is 0.510 e. The van der Waals surface area contributed by atoms with Gasteiger partial charge in [-0.1, -0.05) is 180 Å². The van der Waals surface area contributed by atoms with Gasteiger partial charge in [-0.25, -0.2) is 4.98 Å². The summed E-state index contributed by atoms with van der Waals surface area (Å²) in [6.45, 7) is 12.9. The minimum absolute atomic E-state index is 0. The molecule has 0 fully saturated rings. The summed E-state index contributed by atoms with van der Waals surface area (Å²) in [5.74, 6) is 1.55. The van der Waals surface area contributed by atoms with Crippen LogP contribution in [-0.2, 0) is 31.9 Å². The van der Waals surface area contributed by atoms with E-state index in [-0.39, 0.29) is 54.8 Å². The fourth-order valence-electron chi connectivity index (χ4n) is 13.1. The van der Waals surface area contributed by atoms with Crippen LogP contribution in [0.15, 0.2) is 241 Å². The molecule has 7 nitrogen and oxygen atoms in total. The number of benzene rings is 11. The molecule has 0 bridgehead atoms. The van der Waals surface area contributed by atoms with E-state index in [1.165, 1.54) is 0 Å². The average molecular weight is 1320 g/mol. The summed E-state index contributed by atoms with van der Waals surface area (Å²) < 4.78 is 99.3. The maximum atomic E-state index is 10.2. The van der Waals surface area contributed by atoms with Crippen LogP contribution >= 0.6 is 0 Å². The zero-order valence-corrected chi connectivity index (χ0v) is 51.0. The van der Waals surface area contributed by atoms with Gasteiger partial charge in [-0.05, 0) is 144 Å². The van der Waals surface area contributed by atoms with E-state index in [9.17, 15) is 11.0 Å². The monoisotopic (exact) mass is 1320 g/mol. The normalized spacial score (nSPS) is 13.6. The van der Waals surface area contributed by atoms with Gasteiger partial charge in [0.15, 0.2) is 0 Å². The Hall–Kier alpha value is -10.1. The second kappa shape index (κ2) is 20.0. The first-order chi connectivity index (χ1) is 45.7. The summed E-state index contributed by atoms with van der Waals surface area (Å²) in [7, 11) is 0. The molecule has 11 aromatic carbocycles. The Morgan fingerprint density at radius 1 is 0.489 bits per heavy atom. The first-order valence-electron chi connectivity index (χ1n) is 33.2. The Morgan fingerprint density at radius 3 is 1.80 bits per heavy atom. The third-order valence-electron chi connectivity index (χ3n) is 17.2. The summed E-state index contributed by atoms with van der Waals surface area (Å²) in [5.41, 5.74) is 11.2. The van der Waals surface area contributed by atoms with E-state index in [1.807, 2.05) is 131 Å². The first kappa shape index (κ1) is 45.3. The number of nitrogens with zero attached hydrogens (tertiary/aromatic N) is 5. The van der Waals surface area contributed by atoms with Crippen LogP contribution in [0, 0.1) is 18.5 Å². The van der Waals surface area contributed by atoms with Gasteiger partial charge in [0.2, 0.25) is 0 Å². The van der Waals surface area contributed by atoms with Crippen molar-refractivity contribution in [2.24, 2.45) is 0 Å². The van der Waals surface area contributed by atoms with Gasteiger partial charge in [0.1, 0.15) is 17.0 Å². The Morgan fingerprint density at radius 2 is 1.10 bits per heavy atom. The number of rotatable bonds is 6. The van der Waals surface area contributed by atoms with E-state index in [0.29, 0.717) is 50.7 Å². The molecule has 426 valence electrons. The Kier molecular flexibility index (Phi) is 10.3. The maximum absolute atomic E-state index is 10.2. The molecule has 0 aliphatic carbocycles. The van der Waals surface area contributed by atoms with Gasteiger partial charge in [-0.2, -0.15) is 18.2 Å². The number of furan rings is 1. The Labute approximate surface area is 535 Å². The van der Waals surface area contributed by atoms with E-state index in [4.69, 9.17) is 14.1 Å². The van der Waals surface area contributed by atoms with E-state index >= 15 is 0 Å². The molecule has 0 N–H and O–H groups in total. The predicted molar refractivity (Wildman–Crippen MR) is 354 cm³/mol. The maximum Gasteiger partial charge on any atom is 0.268 e. The summed E-state index contributed by atoms with van der Waals surface area (Å²) >= 11 is 0. The van der Waals surface area contributed by atoms with Gasteiger partial charge >= 0.3 is 0 Å². The summed E-state index contributed by atoms with van der Waals surface area (Å²) in [6.07, 6.45) is 5.66. The Bertz CT molecular complexity index is 5990. The molecule has 0 saturated carbocycles. The van der Waals surface area contributed by atoms with E-state index in [0.717, 1.165) is 93.6 Å². The van der Waals surface area contributed by atoms with Crippen molar-refractivity contribution in [1.29, 1.82) is 0 Å². The van der Waals surface area contributed by atoms with Crippen molar-refractivity contribution >= 4 is 76.6 Å². The molecule has 0 radical (unpaired) electrons. The molecule has 1 aliphatic heterocycles. The topological polar surface area (TPSA) is 53.9 Å². The summed E-state index contributed by atoms with van der Waals surface area (Å²) in [4.78, 5) is 4.90. The van der Waals surface area contributed by atoms with E-state index in [1.54, 1.807) is 0 Å². The molecule has 0 unspecified atom stereocenters. The van der Waals surface area contributed by atoms with Gasteiger partial charge in [-0.3, -0.25) is 4.57 Å². The van der Waals surface area contributed by atoms with Gasteiger partial charge in [0.25, 0.3) is 6.33 Å². The minimum atomic E-state index is -0.601. The molecule has 1 aliphatic rings. The van der Waals surface area contributed by atoms with Crippen LogP contribution in [0.1, 0.15) is 63.6 Å². The number of ether oxygens (including phenoxy) is 1. The Balaban J connectivity index is 0.00000725. The smallest absolute Gasteiger partial charge is 0.268 e. The van der Waals surface area contributed by atoms with Crippen molar-refractivity contribution in [2.45, 2.75) is 52.4 Å². The van der Waals surface area contributed by atoms with E-state index in [2.05, 4.69) is 136 Å². The third-order valence-corrected chi connectivity index (χ3v) is 17.2. The molecule has 6 heterocycles. The molecule has 0 saturated heterocycles. The SMILES string of the molecule is [2H]c1c([2H])c([2H])c2c(c1[2H])-c1cc(C(C)(C)C)c(-c3ccc4oc5ccccc5c4c3)cc1-[n+]1[c-]n(-c3[c-]c(Oc4[c-]c5c(cc4)c4ccccc4n5-c4cc(C(C)(C)C)ccn4)ccc3)c3cc(-n4c5ccccc5c5ccccc54)cc(c31)-c1c([2H])c([2H])c([2H])c([2H])c1-2.[Pt]. The molecule has 17 rings (SSSR count). The average Bonchev–Trinajstić information content (AvgIpc) is 1.58. The van der Waals surface area contributed by atoms with Crippen LogP contribution < -0.4 is 9.30 Å². The number of aromatic nitrogens is 5. The molecule has 5 aromatic heterocycles. The molecular formula is C80H57N5O2Pt-2. The second-order valence-electron chi connectivity index (χ2n) is 24.6. The number of hydrogen-bond acceptors (Lipinski definition) is 3. The van der Waals surface area contributed by atoms with Crippen LogP contribution in [0.4, 0.5) is 0 Å². The molecule has 88 heavy (non-hydrogen) atoms. The quantitative estimate of drug-likeness (QED) is 0.123. The molecule has 8 heteroatoms. The van der Waals surface area contributed by atoms with Crippen molar-refractivity contribution in [1.82, 2.24) is 18.7 Å². The van der Waals surface area contributed by atoms with Crippen molar-refractivity contribution in [3.05, 3.63) is 266 Å². The number of imidazole rings is 1. The van der Waals surface area contributed by atoms with Crippen molar-refractivity contribution in [3.63, 3.8) is 0 Å². The number of hydrogen-bond donors (Lipinski definition) is 0. The van der Waals surface area contributed by atoms with Gasteiger partial charge in [0.05, 0.1) is 38.7 Å². The van der Waals surface area contributed by atoms with Crippen molar-refractivity contribution in [2.75, 3.05) is 0 Å².